The van der Waals surface area contributed by atoms with Crippen LogP contribution in [0.5, 0.6) is 11.5 Å². The topological polar surface area (TPSA) is 64.5 Å². The van der Waals surface area contributed by atoms with Crippen LogP contribution in [0, 0.1) is 0 Å². The summed E-state index contributed by atoms with van der Waals surface area (Å²) >= 11 is 0. The number of aromatic nitrogens is 1. The minimum absolute atomic E-state index is 0.223. The molecule has 1 aromatic heterocycles. The summed E-state index contributed by atoms with van der Waals surface area (Å²) in [6.45, 7) is 0.223. The van der Waals surface area contributed by atoms with E-state index >= 15 is 0 Å². The molecule has 0 bridgehead atoms. The third-order valence-electron chi connectivity index (χ3n) is 2.26. The number of ether oxygens (including phenoxy) is 2. The zero-order valence-corrected chi connectivity index (χ0v) is 7.65. The molecule has 1 aromatic carbocycles. The van der Waals surface area contributed by atoms with E-state index in [1.807, 2.05) is 0 Å². The monoisotopic (exact) mass is 205 g/mol. The van der Waals surface area contributed by atoms with Crippen LogP contribution in [0.1, 0.15) is 0 Å². The second-order valence-electron chi connectivity index (χ2n) is 3.13. The van der Waals surface area contributed by atoms with Crippen molar-refractivity contribution in [3.8, 4) is 22.6 Å². The lowest BCUT2D eigenvalue weighted by Crippen LogP contribution is -1.95. The molecule has 0 spiro atoms. The van der Waals surface area contributed by atoms with Crippen molar-refractivity contribution < 1.29 is 14.0 Å². The van der Waals surface area contributed by atoms with Crippen molar-refractivity contribution in [1.29, 1.82) is 0 Å². The normalized spacial score (nSPS) is 13.1. The quantitative estimate of drug-likeness (QED) is 0.763. The van der Waals surface area contributed by atoms with Crippen LogP contribution >= 0.6 is 0 Å². The predicted octanol–water partition coefficient (Wildman–Crippen LogP) is 1.36. The molecule has 1 aliphatic rings. The molecule has 0 saturated carbocycles. The first-order valence-corrected chi connectivity index (χ1v) is 4.41. The predicted molar refractivity (Wildman–Crippen MR) is 50.9 cm³/mol. The Hall–Kier alpha value is -2.17. The van der Waals surface area contributed by atoms with Crippen LogP contribution in [0.25, 0.3) is 11.1 Å². The van der Waals surface area contributed by atoms with Crippen LogP contribution < -0.4 is 15.1 Å². The number of hydrogen-bond acceptors (Lipinski definition) is 4. The van der Waals surface area contributed by atoms with Gasteiger partial charge in [0, 0.05) is 0 Å². The first kappa shape index (κ1) is 8.16. The third-order valence-corrected chi connectivity index (χ3v) is 2.26. The molecule has 5 heteroatoms. The Kier molecular flexibility index (Phi) is 1.58. The summed E-state index contributed by atoms with van der Waals surface area (Å²) in [5, 5.41) is 2.40. The Balaban J connectivity index is 2.15. The minimum Gasteiger partial charge on any atom is -0.454 e. The number of aromatic amines is 1. The molecule has 1 N–H and O–H groups in total. The van der Waals surface area contributed by atoms with Gasteiger partial charge in [-0.2, -0.15) is 0 Å². The molecular weight excluding hydrogens is 198 g/mol. The SMILES string of the molecule is O=c1o[nH]cc1-c1ccc2c(c1)OCO2. The van der Waals surface area contributed by atoms with E-state index in [1.165, 1.54) is 6.20 Å². The molecule has 76 valence electrons. The average Bonchev–Trinajstić information content (AvgIpc) is 2.84. The zero-order chi connectivity index (χ0) is 10.3. The highest BCUT2D eigenvalue weighted by molar-refractivity contribution is 5.65. The lowest BCUT2D eigenvalue weighted by atomic mass is 10.1. The number of fused-ring (bicyclic) bond motifs is 1. The smallest absolute Gasteiger partial charge is 0.364 e. The summed E-state index contributed by atoms with van der Waals surface area (Å²) in [5.74, 6) is 1.34. The fraction of sp³-hybridized carbons (Fsp3) is 0.100. The number of rotatable bonds is 1. The molecule has 5 nitrogen and oxygen atoms in total. The van der Waals surface area contributed by atoms with E-state index in [-0.39, 0.29) is 6.79 Å². The van der Waals surface area contributed by atoms with Gasteiger partial charge in [-0.05, 0) is 17.7 Å². The van der Waals surface area contributed by atoms with Crippen LogP contribution in [-0.2, 0) is 0 Å². The van der Waals surface area contributed by atoms with Gasteiger partial charge in [-0.15, -0.1) is 0 Å². The van der Waals surface area contributed by atoms with Gasteiger partial charge in [0.1, 0.15) is 0 Å². The van der Waals surface area contributed by atoms with Gasteiger partial charge >= 0.3 is 5.63 Å². The first-order chi connectivity index (χ1) is 7.34. The van der Waals surface area contributed by atoms with Gasteiger partial charge in [0.2, 0.25) is 6.79 Å². The molecule has 0 atom stereocenters. The molecule has 0 radical (unpaired) electrons. The summed E-state index contributed by atoms with van der Waals surface area (Å²) in [7, 11) is 0. The van der Waals surface area contributed by atoms with E-state index in [9.17, 15) is 4.79 Å². The van der Waals surface area contributed by atoms with Crippen molar-refractivity contribution in [3.05, 3.63) is 34.8 Å². The maximum Gasteiger partial charge on any atom is 0.364 e. The van der Waals surface area contributed by atoms with E-state index in [4.69, 9.17) is 9.47 Å². The van der Waals surface area contributed by atoms with Crippen molar-refractivity contribution >= 4 is 0 Å². The van der Waals surface area contributed by atoms with Crippen LogP contribution in [0.4, 0.5) is 0 Å². The Morgan fingerprint density at radius 2 is 2.07 bits per heavy atom. The number of benzene rings is 1. The van der Waals surface area contributed by atoms with Gasteiger partial charge in [-0.3, -0.25) is 0 Å². The van der Waals surface area contributed by atoms with E-state index in [1.54, 1.807) is 18.2 Å². The Morgan fingerprint density at radius 3 is 2.87 bits per heavy atom. The van der Waals surface area contributed by atoms with E-state index in [2.05, 4.69) is 9.68 Å². The van der Waals surface area contributed by atoms with Crippen molar-refractivity contribution in [2.45, 2.75) is 0 Å². The zero-order valence-electron chi connectivity index (χ0n) is 7.65. The number of hydrogen-bond donors (Lipinski definition) is 1. The first-order valence-electron chi connectivity index (χ1n) is 4.41. The molecule has 1 aliphatic heterocycles. The molecular formula is C10H7NO4. The number of nitrogens with one attached hydrogen (secondary N) is 1. The molecule has 0 aliphatic carbocycles. The van der Waals surface area contributed by atoms with Gasteiger partial charge < -0.3 is 14.0 Å². The third kappa shape index (κ3) is 1.20. The van der Waals surface area contributed by atoms with Gasteiger partial charge in [-0.1, -0.05) is 6.07 Å². The summed E-state index contributed by atoms with van der Waals surface area (Å²) in [6, 6.07) is 5.31. The average molecular weight is 205 g/mol. The molecule has 0 fully saturated rings. The van der Waals surface area contributed by atoms with Crippen molar-refractivity contribution in [2.24, 2.45) is 0 Å². The van der Waals surface area contributed by atoms with Crippen molar-refractivity contribution in [2.75, 3.05) is 6.79 Å². The lowest BCUT2D eigenvalue weighted by Gasteiger charge is -1.98. The summed E-state index contributed by atoms with van der Waals surface area (Å²) in [6.07, 6.45) is 1.51. The highest BCUT2D eigenvalue weighted by atomic mass is 16.7. The van der Waals surface area contributed by atoms with Crippen LogP contribution in [0.2, 0.25) is 0 Å². The van der Waals surface area contributed by atoms with Gasteiger partial charge in [-0.25, -0.2) is 9.95 Å². The molecule has 3 rings (SSSR count). The highest BCUT2D eigenvalue weighted by Crippen LogP contribution is 2.34. The van der Waals surface area contributed by atoms with E-state index in [0.29, 0.717) is 17.1 Å². The maximum atomic E-state index is 11.2. The minimum atomic E-state index is -0.395. The van der Waals surface area contributed by atoms with Crippen LogP contribution in [0.3, 0.4) is 0 Å². The fourth-order valence-corrected chi connectivity index (χ4v) is 1.52. The largest absolute Gasteiger partial charge is 0.454 e. The van der Waals surface area contributed by atoms with E-state index in [0.717, 1.165) is 5.56 Å². The maximum absolute atomic E-state index is 11.2. The van der Waals surface area contributed by atoms with Gasteiger partial charge in [0.25, 0.3) is 0 Å². The highest BCUT2D eigenvalue weighted by Gasteiger charge is 2.15. The van der Waals surface area contributed by atoms with Crippen LogP contribution in [-0.4, -0.2) is 11.9 Å². The summed E-state index contributed by atoms with van der Waals surface area (Å²) in [4.78, 5) is 11.2. The summed E-state index contributed by atoms with van der Waals surface area (Å²) in [5.41, 5.74) is 0.830. The van der Waals surface area contributed by atoms with Crippen molar-refractivity contribution in [3.63, 3.8) is 0 Å². The van der Waals surface area contributed by atoms with Crippen LogP contribution in [0.15, 0.2) is 33.7 Å². The molecule has 0 unspecified atom stereocenters. The molecule has 2 aromatic rings. The van der Waals surface area contributed by atoms with Crippen molar-refractivity contribution in [1.82, 2.24) is 5.16 Å². The second-order valence-corrected chi connectivity index (χ2v) is 3.13. The number of H-pyrrole nitrogens is 1. The molecule has 2 heterocycles. The van der Waals surface area contributed by atoms with Gasteiger partial charge in [0.05, 0.1) is 11.8 Å². The fourth-order valence-electron chi connectivity index (χ4n) is 1.52. The van der Waals surface area contributed by atoms with E-state index < -0.39 is 5.63 Å². The Labute approximate surface area is 84.2 Å². The molecule has 15 heavy (non-hydrogen) atoms. The Bertz CT molecular complexity index is 555. The second kappa shape index (κ2) is 2.91. The molecule has 0 amide bonds. The lowest BCUT2D eigenvalue weighted by molar-refractivity contribution is 0.174. The van der Waals surface area contributed by atoms with Gasteiger partial charge in [0.15, 0.2) is 11.5 Å². The molecule has 0 saturated heterocycles. The standard InChI is InChI=1S/C10H7NO4/c12-10-7(4-11-15-10)6-1-2-8-9(3-6)14-5-13-8/h1-4,11H,5H2. The summed E-state index contributed by atoms with van der Waals surface area (Å²) < 4.78 is 15.0. The Morgan fingerprint density at radius 1 is 1.20 bits per heavy atom.